The molecule has 1 aromatic rings. The second kappa shape index (κ2) is 4.94. The van der Waals surface area contributed by atoms with Gasteiger partial charge in [0.25, 0.3) is 0 Å². The fourth-order valence-corrected chi connectivity index (χ4v) is 1.92. The van der Waals surface area contributed by atoms with Crippen LogP contribution in [0.4, 0.5) is 0 Å². The zero-order chi connectivity index (χ0) is 11.3. The minimum Gasteiger partial charge on any atom is -0.316 e. The van der Waals surface area contributed by atoms with Crippen LogP contribution in [-0.4, -0.2) is 25.1 Å². The van der Waals surface area contributed by atoms with Gasteiger partial charge in [-0.05, 0) is 12.2 Å². The van der Waals surface area contributed by atoms with Crippen LogP contribution in [0.3, 0.4) is 0 Å². The Bertz CT molecular complexity index is 324. The van der Waals surface area contributed by atoms with Crippen molar-refractivity contribution in [3.63, 3.8) is 0 Å². The van der Waals surface area contributed by atoms with E-state index in [1.54, 1.807) is 0 Å². The van der Waals surface area contributed by atoms with Crippen molar-refractivity contribution < 1.29 is 4.48 Å². The van der Waals surface area contributed by atoms with E-state index in [0.29, 0.717) is 6.04 Å². The number of nitrogens with zero attached hydrogens (tertiary/aromatic N) is 1. The molecule has 0 aromatic heterocycles. The molecule has 0 amide bonds. The van der Waals surface area contributed by atoms with E-state index in [9.17, 15) is 0 Å². The van der Waals surface area contributed by atoms with Crippen molar-refractivity contribution >= 4 is 0 Å². The summed E-state index contributed by atoms with van der Waals surface area (Å²) < 4.78 is 0.858. The monoisotopic (exact) mass is 202 g/mol. The van der Waals surface area contributed by atoms with E-state index in [2.05, 4.69) is 51.5 Å². The van der Waals surface area contributed by atoms with Crippen molar-refractivity contribution in [1.29, 1.82) is 0 Å². The largest absolute Gasteiger partial charge is 0.316 e. The fourth-order valence-electron chi connectivity index (χ4n) is 1.92. The first-order chi connectivity index (χ1) is 7.11. The average molecular weight is 202 g/mol. The van der Waals surface area contributed by atoms with Crippen molar-refractivity contribution in [1.82, 2.24) is 0 Å². The second-order valence-electron chi connectivity index (χ2n) is 4.34. The molecular weight excluding hydrogens is 182 g/mol. The van der Waals surface area contributed by atoms with Gasteiger partial charge in [0.1, 0.15) is 6.04 Å². The lowest BCUT2D eigenvalue weighted by atomic mass is 10.0. The Hall–Kier alpha value is -1.34. The molecule has 1 nitrogen and oxygen atoms in total. The van der Waals surface area contributed by atoms with Gasteiger partial charge in [-0.15, -0.1) is 0 Å². The van der Waals surface area contributed by atoms with Gasteiger partial charge in [0, 0.05) is 5.56 Å². The molecule has 0 aliphatic carbocycles. The molecule has 0 N–H and O–H groups in total. The molecule has 1 unspecified atom stereocenters. The predicted octanol–water partition coefficient (Wildman–Crippen LogP) is 3.18. The number of hydrogen-bond donors (Lipinski definition) is 0. The summed E-state index contributed by atoms with van der Waals surface area (Å²) in [5.41, 5.74) is 1.30. The number of hydrogen-bond acceptors (Lipinski definition) is 0. The Morgan fingerprint density at radius 1 is 1.20 bits per heavy atom. The molecule has 1 aromatic carbocycles. The molecule has 0 heterocycles. The maximum absolute atomic E-state index is 3.94. The van der Waals surface area contributed by atoms with Gasteiger partial charge in [-0.25, -0.2) is 0 Å². The van der Waals surface area contributed by atoms with Gasteiger partial charge in [0.15, 0.2) is 0 Å². The number of quaternary nitrogens is 1. The van der Waals surface area contributed by atoms with Gasteiger partial charge in [-0.1, -0.05) is 43.5 Å². The van der Waals surface area contributed by atoms with Gasteiger partial charge in [-0.2, -0.15) is 0 Å². The number of benzene rings is 1. The standard InChI is InChI=1S/C14H20N/c1-5-12-15(3,4)14(6-2)13-10-8-7-9-11-13/h5-11,14H,1-2,12H2,3-4H3/q+1. The minimum atomic E-state index is 0.323. The van der Waals surface area contributed by atoms with Crippen LogP contribution in [0.25, 0.3) is 0 Å². The maximum Gasteiger partial charge on any atom is 0.133 e. The summed E-state index contributed by atoms with van der Waals surface area (Å²) >= 11 is 0. The highest BCUT2D eigenvalue weighted by atomic mass is 15.3. The van der Waals surface area contributed by atoms with E-state index in [1.807, 2.05) is 18.2 Å². The summed E-state index contributed by atoms with van der Waals surface area (Å²) in [6, 6.07) is 10.8. The molecule has 1 atom stereocenters. The zero-order valence-electron chi connectivity index (χ0n) is 9.69. The van der Waals surface area contributed by atoms with Gasteiger partial charge in [0.2, 0.25) is 0 Å². The van der Waals surface area contributed by atoms with Crippen molar-refractivity contribution in [2.24, 2.45) is 0 Å². The van der Waals surface area contributed by atoms with Crippen LogP contribution in [-0.2, 0) is 0 Å². The Kier molecular flexibility index (Phi) is 3.87. The molecular formula is C14H20N+. The SMILES string of the molecule is C=CC[N+](C)(C)C(C=C)c1ccccc1. The highest BCUT2D eigenvalue weighted by Crippen LogP contribution is 2.25. The normalized spacial score (nSPS) is 13.2. The second-order valence-corrected chi connectivity index (χ2v) is 4.34. The molecule has 0 aliphatic heterocycles. The van der Waals surface area contributed by atoms with Crippen molar-refractivity contribution in [3.05, 3.63) is 61.2 Å². The Labute approximate surface area is 92.9 Å². The van der Waals surface area contributed by atoms with Crippen LogP contribution in [0.1, 0.15) is 11.6 Å². The summed E-state index contributed by atoms with van der Waals surface area (Å²) in [5.74, 6) is 0. The lowest BCUT2D eigenvalue weighted by molar-refractivity contribution is -0.908. The summed E-state index contributed by atoms with van der Waals surface area (Å²) in [6.45, 7) is 8.68. The first-order valence-corrected chi connectivity index (χ1v) is 5.23. The Balaban J connectivity index is 2.98. The summed E-state index contributed by atoms with van der Waals surface area (Å²) in [5, 5.41) is 0. The van der Waals surface area contributed by atoms with Crippen LogP contribution in [0.2, 0.25) is 0 Å². The van der Waals surface area contributed by atoms with Crippen LogP contribution in [0.15, 0.2) is 55.6 Å². The lowest BCUT2D eigenvalue weighted by Gasteiger charge is -2.35. The van der Waals surface area contributed by atoms with Gasteiger partial charge >= 0.3 is 0 Å². The molecule has 0 saturated carbocycles. The van der Waals surface area contributed by atoms with E-state index in [0.717, 1.165) is 11.0 Å². The highest BCUT2D eigenvalue weighted by Gasteiger charge is 2.25. The van der Waals surface area contributed by atoms with E-state index in [-0.39, 0.29) is 0 Å². The topological polar surface area (TPSA) is 0 Å². The van der Waals surface area contributed by atoms with Gasteiger partial charge < -0.3 is 4.48 Å². The molecule has 0 saturated heterocycles. The third kappa shape index (κ3) is 2.80. The van der Waals surface area contributed by atoms with Crippen molar-refractivity contribution in [3.8, 4) is 0 Å². The van der Waals surface area contributed by atoms with Crippen LogP contribution >= 0.6 is 0 Å². The zero-order valence-corrected chi connectivity index (χ0v) is 9.69. The van der Waals surface area contributed by atoms with Crippen LogP contribution < -0.4 is 0 Å². The fraction of sp³-hybridized carbons (Fsp3) is 0.286. The summed E-state index contributed by atoms with van der Waals surface area (Å²) in [7, 11) is 4.39. The minimum absolute atomic E-state index is 0.323. The maximum atomic E-state index is 3.94. The van der Waals surface area contributed by atoms with Crippen molar-refractivity contribution in [2.75, 3.05) is 20.6 Å². The molecule has 0 aliphatic rings. The highest BCUT2D eigenvalue weighted by molar-refractivity contribution is 5.20. The smallest absolute Gasteiger partial charge is 0.133 e. The first kappa shape index (κ1) is 11.7. The molecule has 0 radical (unpaired) electrons. The van der Waals surface area contributed by atoms with Gasteiger partial charge in [-0.3, -0.25) is 0 Å². The molecule has 15 heavy (non-hydrogen) atoms. The third-order valence-electron chi connectivity index (χ3n) is 2.72. The third-order valence-corrected chi connectivity index (χ3v) is 2.72. The molecule has 80 valence electrons. The quantitative estimate of drug-likeness (QED) is 0.508. The van der Waals surface area contributed by atoms with Gasteiger partial charge in [0.05, 0.1) is 20.6 Å². The summed E-state index contributed by atoms with van der Waals surface area (Å²) in [4.78, 5) is 0. The molecule has 1 heteroatoms. The Morgan fingerprint density at radius 3 is 2.27 bits per heavy atom. The van der Waals surface area contributed by atoms with E-state index in [1.165, 1.54) is 5.56 Å². The molecule has 0 bridgehead atoms. The van der Waals surface area contributed by atoms with Crippen LogP contribution in [0.5, 0.6) is 0 Å². The van der Waals surface area contributed by atoms with E-state index < -0.39 is 0 Å². The van der Waals surface area contributed by atoms with Crippen molar-refractivity contribution in [2.45, 2.75) is 6.04 Å². The average Bonchev–Trinajstić information content (AvgIpc) is 2.19. The van der Waals surface area contributed by atoms with E-state index in [4.69, 9.17) is 0 Å². The first-order valence-electron chi connectivity index (χ1n) is 5.23. The molecule has 0 fully saturated rings. The number of rotatable bonds is 5. The predicted molar refractivity (Wildman–Crippen MR) is 66.6 cm³/mol. The molecule has 0 spiro atoms. The molecule has 1 rings (SSSR count). The number of likely N-dealkylation sites (N-methyl/N-ethyl adjacent to an activating group) is 1. The lowest BCUT2D eigenvalue weighted by Crippen LogP contribution is -2.42. The van der Waals surface area contributed by atoms with E-state index >= 15 is 0 Å². The van der Waals surface area contributed by atoms with Crippen LogP contribution in [0, 0.1) is 0 Å². The summed E-state index contributed by atoms with van der Waals surface area (Å²) in [6.07, 6.45) is 3.97. The Morgan fingerprint density at radius 2 is 1.80 bits per heavy atom.